The van der Waals surface area contributed by atoms with E-state index in [2.05, 4.69) is 43.5 Å². The molecule has 0 aliphatic carbocycles. The zero-order chi connectivity index (χ0) is 14.8. The molecule has 0 aliphatic rings. The molecule has 0 saturated carbocycles. The van der Waals surface area contributed by atoms with E-state index in [4.69, 9.17) is 0 Å². The van der Waals surface area contributed by atoms with E-state index in [1.165, 1.54) is 0 Å². The van der Waals surface area contributed by atoms with Crippen molar-refractivity contribution >= 4 is 11.1 Å². The van der Waals surface area contributed by atoms with Gasteiger partial charge in [-0.3, -0.25) is 0 Å². The molecule has 0 nitrogen and oxygen atoms in total. The summed E-state index contributed by atoms with van der Waals surface area (Å²) in [6.45, 7) is 12.0. The van der Waals surface area contributed by atoms with Gasteiger partial charge in [-0.05, 0) is 28.3 Å². The van der Waals surface area contributed by atoms with Crippen LogP contribution in [0.3, 0.4) is 0 Å². The molecule has 0 heterocycles. The molecular weight excluding hydrogens is 252 g/mol. The third-order valence-corrected chi connectivity index (χ3v) is 2.80. The quantitative estimate of drug-likeness (QED) is 0.550. The zero-order valence-electron chi connectivity index (χ0n) is 12.3. The van der Waals surface area contributed by atoms with Crippen LogP contribution < -0.4 is 0 Å². The van der Waals surface area contributed by atoms with Crippen molar-refractivity contribution in [1.82, 2.24) is 0 Å². The first kappa shape index (κ1) is 18.7. The van der Waals surface area contributed by atoms with Gasteiger partial charge in [-0.25, -0.2) is 0 Å². The largest absolute Gasteiger partial charge is 0.0984 e. The number of allylic oxidation sites excluding steroid dienone is 4. The number of benzene rings is 2. The molecule has 0 atom stereocenters. The molecule has 0 N–H and O–H groups in total. The molecule has 0 heteroatoms. The predicted octanol–water partition coefficient (Wildman–Crippen LogP) is 6.63. The molecule has 2 aromatic carbocycles. The van der Waals surface area contributed by atoms with Gasteiger partial charge in [-0.1, -0.05) is 101 Å². The lowest BCUT2D eigenvalue weighted by molar-refractivity contribution is 1.50. The van der Waals surface area contributed by atoms with Gasteiger partial charge in [-0.15, -0.1) is 0 Å². The Bertz CT molecular complexity index is 560. The molecular formula is C21H26. The normalized spacial score (nSPS) is 9.71. The molecule has 2 rings (SSSR count). The molecule has 21 heavy (non-hydrogen) atoms. The Morgan fingerprint density at radius 2 is 1.24 bits per heavy atom. The monoisotopic (exact) mass is 278 g/mol. The third-order valence-electron chi connectivity index (χ3n) is 2.80. The van der Waals surface area contributed by atoms with Crippen molar-refractivity contribution < 1.29 is 0 Å². The maximum atomic E-state index is 4.11. The van der Waals surface area contributed by atoms with E-state index < -0.39 is 0 Å². The van der Waals surface area contributed by atoms with Crippen LogP contribution >= 0.6 is 0 Å². The molecule has 0 aromatic heterocycles. The summed E-state index contributed by atoms with van der Waals surface area (Å²) < 4.78 is 0. The van der Waals surface area contributed by atoms with Crippen molar-refractivity contribution in [3.05, 3.63) is 97.1 Å². The highest BCUT2D eigenvalue weighted by Crippen LogP contribution is 2.21. The fourth-order valence-corrected chi connectivity index (χ4v) is 1.81. The van der Waals surface area contributed by atoms with Crippen LogP contribution in [0.25, 0.3) is 11.1 Å². The first-order valence-corrected chi connectivity index (χ1v) is 6.95. The molecule has 2 aromatic rings. The number of hydrogen-bond acceptors (Lipinski definition) is 0. The van der Waals surface area contributed by atoms with Gasteiger partial charge in [0.1, 0.15) is 0 Å². The summed E-state index contributed by atoms with van der Waals surface area (Å²) in [7, 11) is 0. The average Bonchev–Trinajstić information content (AvgIpc) is 2.56. The van der Waals surface area contributed by atoms with Crippen molar-refractivity contribution in [3.63, 3.8) is 0 Å². The van der Waals surface area contributed by atoms with E-state index in [0.29, 0.717) is 0 Å². The van der Waals surface area contributed by atoms with Crippen molar-refractivity contribution in [2.75, 3.05) is 0 Å². The number of hydrogen-bond donors (Lipinski definition) is 0. The van der Waals surface area contributed by atoms with E-state index in [1.54, 1.807) is 0 Å². The Labute approximate surface area is 130 Å². The minimum absolute atomic E-state index is 0. The Morgan fingerprint density at radius 1 is 0.810 bits per heavy atom. The maximum Gasteiger partial charge on any atom is -0.0184 e. The minimum atomic E-state index is 0. The Hall–Kier alpha value is -2.34. The van der Waals surface area contributed by atoms with E-state index >= 15 is 0 Å². The van der Waals surface area contributed by atoms with Crippen LogP contribution in [-0.4, -0.2) is 0 Å². The van der Waals surface area contributed by atoms with Crippen LogP contribution in [0.2, 0.25) is 0 Å². The lowest BCUT2D eigenvalue weighted by Crippen LogP contribution is -1.83. The zero-order valence-corrected chi connectivity index (χ0v) is 12.3. The van der Waals surface area contributed by atoms with Gasteiger partial charge in [0.15, 0.2) is 0 Å². The highest BCUT2D eigenvalue weighted by Gasteiger charge is 1.99. The highest BCUT2D eigenvalue weighted by molar-refractivity contribution is 5.86. The van der Waals surface area contributed by atoms with Gasteiger partial charge in [-0.2, -0.15) is 0 Å². The standard InChI is InChI=1S/C18H16.C2H6.CH4/c1-3-16(18-12-8-5-9-13-18)14-15(2)17-10-6-4-7-11-17;1-2;/h3-14H,1-2H2;1-2H3;1H4/b16-14+;;. The van der Waals surface area contributed by atoms with Gasteiger partial charge < -0.3 is 0 Å². The summed E-state index contributed by atoms with van der Waals surface area (Å²) in [4.78, 5) is 0. The summed E-state index contributed by atoms with van der Waals surface area (Å²) in [6.07, 6.45) is 3.93. The van der Waals surface area contributed by atoms with Crippen LogP contribution in [0.1, 0.15) is 32.4 Å². The molecule has 0 unspecified atom stereocenters. The van der Waals surface area contributed by atoms with Crippen molar-refractivity contribution in [2.24, 2.45) is 0 Å². The Balaban J connectivity index is 0.00000128. The molecule has 0 aliphatic heterocycles. The second-order valence-electron chi connectivity index (χ2n) is 4.06. The Kier molecular flexibility index (Phi) is 9.28. The van der Waals surface area contributed by atoms with Crippen molar-refractivity contribution in [1.29, 1.82) is 0 Å². The second-order valence-corrected chi connectivity index (χ2v) is 4.06. The van der Waals surface area contributed by atoms with Gasteiger partial charge in [0, 0.05) is 0 Å². The smallest absolute Gasteiger partial charge is 0.0184 e. The third kappa shape index (κ3) is 5.66. The molecule has 0 radical (unpaired) electrons. The fraction of sp³-hybridized carbons (Fsp3) is 0.143. The SMILES string of the molecule is C.C=C/C(=C\C(=C)c1ccccc1)c1ccccc1.CC. The van der Waals surface area contributed by atoms with E-state index in [1.807, 2.05) is 56.3 Å². The first-order chi connectivity index (χ1) is 9.81. The summed E-state index contributed by atoms with van der Waals surface area (Å²) in [6, 6.07) is 20.4. The maximum absolute atomic E-state index is 4.11. The lowest BCUT2D eigenvalue weighted by atomic mass is 10.00. The molecule has 110 valence electrons. The van der Waals surface area contributed by atoms with Crippen LogP contribution in [0, 0.1) is 0 Å². The molecule has 0 spiro atoms. The highest BCUT2D eigenvalue weighted by atomic mass is 14.0. The second kappa shape index (κ2) is 10.4. The van der Waals surface area contributed by atoms with E-state index in [-0.39, 0.29) is 7.43 Å². The lowest BCUT2D eigenvalue weighted by Gasteiger charge is -2.05. The molecule has 0 bridgehead atoms. The fourth-order valence-electron chi connectivity index (χ4n) is 1.81. The predicted molar refractivity (Wildman–Crippen MR) is 98.2 cm³/mol. The van der Waals surface area contributed by atoms with Gasteiger partial charge >= 0.3 is 0 Å². The van der Waals surface area contributed by atoms with Crippen LogP contribution in [0.5, 0.6) is 0 Å². The van der Waals surface area contributed by atoms with Crippen LogP contribution in [0.15, 0.2) is 86.0 Å². The van der Waals surface area contributed by atoms with Gasteiger partial charge in [0.05, 0.1) is 0 Å². The summed E-state index contributed by atoms with van der Waals surface area (Å²) in [5, 5.41) is 0. The summed E-state index contributed by atoms with van der Waals surface area (Å²) in [5.74, 6) is 0. The summed E-state index contributed by atoms with van der Waals surface area (Å²) in [5.41, 5.74) is 4.37. The van der Waals surface area contributed by atoms with Crippen molar-refractivity contribution in [3.8, 4) is 0 Å². The average molecular weight is 278 g/mol. The van der Waals surface area contributed by atoms with Crippen molar-refractivity contribution in [2.45, 2.75) is 21.3 Å². The topological polar surface area (TPSA) is 0 Å². The molecule has 0 amide bonds. The van der Waals surface area contributed by atoms with Crippen LogP contribution in [-0.2, 0) is 0 Å². The molecule has 0 fully saturated rings. The first-order valence-electron chi connectivity index (χ1n) is 6.95. The minimum Gasteiger partial charge on any atom is -0.0984 e. The molecule has 0 saturated heterocycles. The van der Waals surface area contributed by atoms with Gasteiger partial charge in [0.25, 0.3) is 0 Å². The van der Waals surface area contributed by atoms with Crippen LogP contribution in [0.4, 0.5) is 0 Å². The Morgan fingerprint density at radius 3 is 1.67 bits per heavy atom. The van der Waals surface area contributed by atoms with E-state index in [9.17, 15) is 0 Å². The number of rotatable bonds is 4. The van der Waals surface area contributed by atoms with Gasteiger partial charge in [0.2, 0.25) is 0 Å². The van der Waals surface area contributed by atoms with E-state index in [0.717, 1.165) is 22.3 Å². The summed E-state index contributed by atoms with van der Waals surface area (Å²) >= 11 is 0.